The van der Waals surface area contributed by atoms with E-state index in [0.717, 1.165) is 30.8 Å². The zero-order chi connectivity index (χ0) is 13.7. The number of hydrogen-bond acceptors (Lipinski definition) is 3. The quantitative estimate of drug-likeness (QED) is 0.834. The first-order valence-electron chi connectivity index (χ1n) is 6.50. The molecule has 0 saturated carbocycles. The predicted octanol–water partition coefficient (Wildman–Crippen LogP) is 2.55. The third-order valence-corrected chi connectivity index (χ3v) is 3.03. The summed E-state index contributed by atoms with van der Waals surface area (Å²) in [5.41, 5.74) is 3.37. The zero-order valence-corrected chi connectivity index (χ0v) is 11.3. The van der Waals surface area contributed by atoms with Gasteiger partial charge < -0.3 is 5.32 Å². The lowest BCUT2D eigenvalue weighted by Crippen LogP contribution is -2.14. The molecule has 1 N–H and O–H groups in total. The average molecular weight is 254 g/mol. The Balaban J connectivity index is 2.30. The van der Waals surface area contributed by atoms with Crippen molar-refractivity contribution in [3.8, 4) is 11.8 Å². The second kappa shape index (κ2) is 6.17. The molecule has 19 heavy (non-hydrogen) atoms. The van der Waals surface area contributed by atoms with Crippen LogP contribution >= 0.6 is 0 Å². The lowest BCUT2D eigenvalue weighted by atomic mass is 10.1. The maximum atomic E-state index is 9.06. The molecule has 2 aromatic rings. The third-order valence-electron chi connectivity index (χ3n) is 3.03. The first-order valence-corrected chi connectivity index (χ1v) is 6.50. The molecule has 0 radical (unpaired) electrons. The summed E-state index contributed by atoms with van der Waals surface area (Å²) in [7, 11) is 0. The lowest BCUT2D eigenvalue weighted by molar-refractivity contribution is 0.675. The van der Waals surface area contributed by atoms with E-state index in [1.165, 1.54) is 5.56 Å². The Morgan fingerprint density at radius 2 is 2.26 bits per heavy atom. The van der Waals surface area contributed by atoms with Crippen LogP contribution in [-0.4, -0.2) is 16.1 Å². The summed E-state index contributed by atoms with van der Waals surface area (Å²) >= 11 is 0. The summed E-state index contributed by atoms with van der Waals surface area (Å²) < 4.78 is 1.83. The van der Waals surface area contributed by atoms with Gasteiger partial charge in [-0.05, 0) is 37.1 Å². The molecule has 4 heteroatoms. The third kappa shape index (κ3) is 3.01. The van der Waals surface area contributed by atoms with E-state index in [-0.39, 0.29) is 0 Å². The fraction of sp³-hybridized carbons (Fsp3) is 0.333. The smallest absolute Gasteiger partial charge is 0.217 e. The minimum absolute atomic E-state index is 0.418. The molecular formula is C15H18N4. The van der Waals surface area contributed by atoms with Crippen LogP contribution in [0.2, 0.25) is 0 Å². The standard InChI is InChI=1S/C15H18N4/c1-3-6-17-11-13-5-4-12(2)14(9-13)19-8-7-18-15(19)10-16/h4-5,7-9,17H,3,6,11H2,1-2H3. The van der Waals surface area contributed by atoms with Crippen molar-refractivity contribution < 1.29 is 0 Å². The second-order valence-corrected chi connectivity index (χ2v) is 4.53. The van der Waals surface area contributed by atoms with Crippen LogP contribution in [0.4, 0.5) is 0 Å². The molecule has 0 aliphatic heterocycles. The van der Waals surface area contributed by atoms with Gasteiger partial charge in [0.25, 0.3) is 0 Å². The van der Waals surface area contributed by atoms with Crippen molar-refractivity contribution in [1.29, 1.82) is 5.26 Å². The largest absolute Gasteiger partial charge is 0.313 e. The number of nitrogens with zero attached hydrogens (tertiary/aromatic N) is 3. The Morgan fingerprint density at radius 3 is 3.00 bits per heavy atom. The van der Waals surface area contributed by atoms with Crippen LogP contribution in [0.15, 0.2) is 30.6 Å². The van der Waals surface area contributed by atoms with E-state index in [1.807, 2.05) is 17.7 Å². The number of nitriles is 1. The molecule has 2 rings (SSSR count). The molecule has 0 unspecified atom stereocenters. The van der Waals surface area contributed by atoms with Crippen LogP contribution in [0.3, 0.4) is 0 Å². The van der Waals surface area contributed by atoms with Crippen LogP contribution < -0.4 is 5.32 Å². The van der Waals surface area contributed by atoms with Crippen LogP contribution in [0.1, 0.15) is 30.3 Å². The van der Waals surface area contributed by atoms with Gasteiger partial charge in [-0.1, -0.05) is 19.1 Å². The van der Waals surface area contributed by atoms with Gasteiger partial charge in [-0.25, -0.2) is 4.98 Å². The number of aromatic nitrogens is 2. The van der Waals surface area contributed by atoms with Gasteiger partial charge >= 0.3 is 0 Å². The Hall–Kier alpha value is -2.12. The molecule has 0 fully saturated rings. The molecular weight excluding hydrogens is 236 g/mol. The van der Waals surface area contributed by atoms with Crippen LogP contribution in [-0.2, 0) is 6.54 Å². The van der Waals surface area contributed by atoms with E-state index in [9.17, 15) is 0 Å². The predicted molar refractivity (Wildman–Crippen MR) is 75.0 cm³/mol. The van der Waals surface area contributed by atoms with Crippen molar-refractivity contribution in [2.45, 2.75) is 26.8 Å². The fourth-order valence-corrected chi connectivity index (χ4v) is 2.01. The van der Waals surface area contributed by atoms with E-state index < -0.39 is 0 Å². The van der Waals surface area contributed by atoms with Crippen molar-refractivity contribution in [2.24, 2.45) is 0 Å². The van der Waals surface area contributed by atoms with E-state index in [4.69, 9.17) is 5.26 Å². The summed E-state index contributed by atoms with van der Waals surface area (Å²) in [6.07, 6.45) is 4.60. The highest BCUT2D eigenvalue weighted by Crippen LogP contribution is 2.17. The van der Waals surface area contributed by atoms with Gasteiger partial charge in [0, 0.05) is 18.9 Å². The normalized spacial score (nSPS) is 10.4. The first kappa shape index (κ1) is 13.3. The monoisotopic (exact) mass is 254 g/mol. The molecule has 0 aliphatic carbocycles. The minimum atomic E-state index is 0.418. The van der Waals surface area contributed by atoms with E-state index in [1.54, 1.807) is 6.20 Å². The number of rotatable bonds is 5. The highest BCUT2D eigenvalue weighted by Gasteiger charge is 2.07. The van der Waals surface area contributed by atoms with Gasteiger partial charge in [0.05, 0.1) is 5.69 Å². The highest BCUT2D eigenvalue weighted by molar-refractivity contribution is 5.45. The topological polar surface area (TPSA) is 53.6 Å². The lowest BCUT2D eigenvalue weighted by Gasteiger charge is -2.11. The Labute approximate surface area is 113 Å². The molecule has 0 spiro atoms. The summed E-state index contributed by atoms with van der Waals surface area (Å²) in [6.45, 7) is 6.05. The Kier molecular flexibility index (Phi) is 4.32. The molecule has 1 aromatic heterocycles. The van der Waals surface area contributed by atoms with Gasteiger partial charge in [0.15, 0.2) is 0 Å². The molecule has 0 saturated heterocycles. The molecule has 1 heterocycles. The number of nitrogens with one attached hydrogen (secondary N) is 1. The van der Waals surface area contributed by atoms with E-state index in [2.05, 4.69) is 41.5 Å². The summed E-state index contributed by atoms with van der Waals surface area (Å²) in [6, 6.07) is 8.42. The first-order chi connectivity index (χ1) is 9.26. The molecule has 1 aromatic carbocycles. The molecule has 0 atom stereocenters. The van der Waals surface area contributed by atoms with E-state index in [0.29, 0.717) is 5.82 Å². The number of hydrogen-bond donors (Lipinski definition) is 1. The van der Waals surface area contributed by atoms with Gasteiger partial charge in [-0.15, -0.1) is 0 Å². The molecule has 4 nitrogen and oxygen atoms in total. The molecule has 0 aliphatic rings. The van der Waals surface area contributed by atoms with Gasteiger partial charge in [0.1, 0.15) is 6.07 Å². The number of benzene rings is 1. The van der Waals surface area contributed by atoms with Crippen molar-refractivity contribution in [3.63, 3.8) is 0 Å². The second-order valence-electron chi connectivity index (χ2n) is 4.53. The minimum Gasteiger partial charge on any atom is -0.313 e. The van der Waals surface area contributed by atoms with Crippen LogP contribution in [0.25, 0.3) is 5.69 Å². The number of imidazole rings is 1. The van der Waals surface area contributed by atoms with Crippen LogP contribution in [0.5, 0.6) is 0 Å². The van der Waals surface area contributed by atoms with E-state index >= 15 is 0 Å². The molecule has 0 amide bonds. The Bertz CT molecular complexity index is 592. The van der Waals surface area contributed by atoms with Crippen LogP contribution in [0, 0.1) is 18.3 Å². The fourth-order valence-electron chi connectivity index (χ4n) is 2.01. The summed E-state index contributed by atoms with van der Waals surface area (Å²) in [4.78, 5) is 4.04. The maximum absolute atomic E-state index is 9.06. The van der Waals surface area contributed by atoms with Crippen molar-refractivity contribution in [2.75, 3.05) is 6.54 Å². The highest BCUT2D eigenvalue weighted by atomic mass is 15.1. The number of aryl methyl sites for hydroxylation is 1. The molecule has 98 valence electrons. The van der Waals surface area contributed by atoms with Gasteiger partial charge in [-0.3, -0.25) is 4.57 Å². The Morgan fingerprint density at radius 1 is 1.42 bits per heavy atom. The van der Waals surface area contributed by atoms with Crippen molar-refractivity contribution >= 4 is 0 Å². The van der Waals surface area contributed by atoms with Crippen molar-refractivity contribution in [1.82, 2.24) is 14.9 Å². The van der Waals surface area contributed by atoms with Gasteiger partial charge in [-0.2, -0.15) is 5.26 Å². The maximum Gasteiger partial charge on any atom is 0.217 e. The average Bonchev–Trinajstić information content (AvgIpc) is 2.89. The van der Waals surface area contributed by atoms with Crippen molar-refractivity contribution in [3.05, 3.63) is 47.5 Å². The zero-order valence-electron chi connectivity index (χ0n) is 11.3. The molecule has 0 bridgehead atoms. The van der Waals surface area contributed by atoms with Gasteiger partial charge in [0.2, 0.25) is 5.82 Å². The summed E-state index contributed by atoms with van der Waals surface area (Å²) in [5.74, 6) is 0.418. The summed E-state index contributed by atoms with van der Waals surface area (Å²) in [5, 5.41) is 12.4. The SMILES string of the molecule is CCCNCc1ccc(C)c(-n2ccnc2C#N)c1.